The van der Waals surface area contributed by atoms with Crippen molar-refractivity contribution < 1.29 is 58.6 Å². The number of carbonyl (C=O) groups excluding carboxylic acids is 4. The lowest BCUT2D eigenvalue weighted by molar-refractivity contribution is -0.271. The number of Topliss-reactive ketones (excluding diaryl/α,β-unsaturated/α-hetero) is 1. The van der Waals surface area contributed by atoms with E-state index in [4.69, 9.17) is 14.2 Å². The molecule has 3 aliphatic rings. The van der Waals surface area contributed by atoms with Gasteiger partial charge in [0.25, 0.3) is 11.8 Å². The fourth-order valence-corrected chi connectivity index (χ4v) is 5.90. The van der Waals surface area contributed by atoms with Gasteiger partial charge in [0.15, 0.2) is 6.10 Å². The molecule has 14 nitrogen and oxygen atoms in total. The van der Waals surface area contributed by atoms with Crippen molar-refractivity contribution in [1.82, 2.24) is 10.2 Å². The average Bonchev–Trinajstić information content (AvgIpc) is 3.24. The number of hydrogen-bond donors (Lipinski definition) is 5. The molecule has 0 aromatic heterocycles. The maximum Gasteiger partial charge on any atom is 0.335 e. The van der Waals surface area contributed by atoms with Crippen LogP contribution in [0.4, 0.5) is 0 Å². The largest absolute Gasteiger partial charge is 0.479 e. The van der Waals surface area contributed by atoms with Gasteiger partial charge in [-0.15, -0.1) is 0 Å². The van der Waals surface area contributed by atoms with Gasteiger partial charge < -0.3 is 40.0 Å². The third kappa shape index (κ3) is 8.47. The number of imide groups is 1. The number of unbranched alkanes of at least 4 members (excludes halogenated alkanes) is 3. The quantitative estimate of drug-likeness (QED) is 0.109. The smallest absolute Gasteiger partial charge is 0.335 e. The van der Waals surface area contributed by atoms with E-state index in [1.165, 1.54) is 17.1 Å². The van der Waals surface area contributed by atoms with Crippen LogP contribution in [-0.2, 0) is 46.5 Å². The Kier molecular flexibility index (Phi) is 12.1. The zero-order valence-corrected chi connectivity index (χ0v) is 27.6. The van der Waals surface area contributed by atoms with Gasteiger partial charge in [0.1, 0.15) is 29.8 Å². The maximum atomic E-state index is 12.3. The molecule has 48 heavy (non-hydrogen) atoms. The minimum Gasteiger partial charge on any atom is -0.479 e. The van der Waals surface area contributed by atoms with E-state index in [1.54, 1.807) is 12.1 Å². The number of rotatable bonds is 18. The monoisotopic (exact) mass is 674 g/mol. The summed E-state index contributed by atoms with van der Waals surface area (Å²) in [5.74, 6) is -1.89. The zero-order chi connectivity index (χ0) is 35.2. The lowest BCUT2D eigenvalue weighted by atomic mass is 9.99. The van der Waals surface area contributed by atoms with Crippen molar-refractivity contribution >= 4 is 29.5 Å². The number of benzene rings is 1. The number of hydrogen-bond acceptors (Lipinski definition) is 11. The van der Waals surface area contributed by atoms with Gasteiger partial charge in [-0.25, -0.2) is 4.79 Å². The van der Waals surface area contributed by atoms with Crippen LogP contribution in [-0.4, -0.2) is 105 Å². The van der Waals surface area contributed by atoms with Crippen LogP contribution in [0.25, 0.3) is 0 Å². The van der Waals surface area contributed by atoms with Gasteiger partial charge in [0.2, 0.25) is 12.2 Å². The molecular weight excluding hydrogens is 628 g/mol. The van der Waals surface area contributed by atoms with Crippen LogP contribution >= 0.6 is 0 Å². The van der Waals surface area contributed by atoms with E-state index in [0.717, 1.165) is 5.56 Å². The third-order valence-corrected chi connectivity index (χ3v) is 9.62. The molecule has 0 bridgehead atoms. The second kappa shape index (κ2) is 15.7. The van der Waals surface area contributed by atoms with Crippen LogP contribution in [0.3, 0.4) is 0 Å². The Morgan fingerprint density at radius 3 is 2.27 bits per heavy atom. The number of ketones is 1. The fraction of sp³-hybridized carbons (Fsp3) is 0.618. The molecule has 1 aromatic rings. The van der Waals surface area contributed by atoms with Gasteiger partial charge in [-0.3, -0.25) is 24.1 Å². The molecule has 2 aliphatic heterocycles. The lowest BCUT2D eigenvalue weighted by Crippen LogP contribution is -2.61. The first-order valence-electron chi connectivity index (χ1n) is 16.3. The highest BCUT2D eigenvalue weighted by Crippen LogP contribution is 2.58. The summed E-state index contributed by atoms with van der Waals surface area (Å²) in [6.45, 7) is 6.60. The molecule has 0 spiro atoms. The molecule has 14 heteroatoms. The molecule has 1 saturated heterocycles. The van der Waals surface area contributed by atoms with Gasteiger partial charge in [0.05, 0.1) is 18.6 Å². The van der Waals surface area contributed by atoms with E-state index >= 15 is 0 Å². The molecule has 2 heterocycles. The van der Waals surface area contributed by atoms with Crippen LogP contribution < -0.4 is 10.1 Å². The predicted molar refractivity (Wildman–Crippen MR) is 168 cm³/mol. The van der Waals surface area contributed by atoms with Crippen LogP contribution in [0.1, 0.15) is 70.4 Å². The summed E-state index contributed by atoms with van der Waals surface area (Å²) < 4.78 is 17.1. The molecular formula is C34H46N2O12. The summed E-state index contributed by atoms with van der Waals surface area (Å²) in [5, 5.41) is 43.1. The van der Waals surface area contributed by atoms with Gasteiger partial charge in [-0.2, -0.15) is 0 Å². The summed E-state index contributed by atoms with van der Waals surface area (Å²) in [6, 6.07) is 5.33. The Hall–Kier alpha value is -3.69. The van der Waals surface area contributed by atoms with Gasteiger partial charge in [-0.05, 0) is 50.7 Å². The molecule has 1 unspecified atom stereocenters. The maximum absolute atomic E-state index is 12.3. The van der Waals surface area contributed by atoms with Crippen molar-refractivity contribution in [3.63, 3.8) is 0 Å². The Labute approximate surface area is 279 Å². The highest BCUT2D eigenvalue weighted by Gasteiger charge is 2.68. The van der Waals surface area contributed by atoms with Gasteiger partial charge in [-0.1, -0.05) is 32.4 Å². The number of carboxylic acid groups (broad SMARTS) is 1. The Bertz CT molecular complexity index is 1390. The molecule has 3 amide bonds. The normalized spacial score (nSPS) is 27.8. The van der Waals surface area contributed by atoms with Crippen molar-refractivity contribution in [1.29, 1.82) is 0 Å². The second-order valence-corrected chi connectivity index (χ2v) is 13.4. The standard InChI is InChI=1S/C34H46N2O12/c1-33(2)32(45)34(33,3)19-46-18-21-12-11-20(17-22(21)47-31-28(42)26(40)27(41)29(48-31)30(43)44)9-6-7-15-35-23(37)10-5-4-8-16-36-24(38)13-14-25(36)39/h11-14,17,26-29,31,40-42H,4-10,15-16,18-19H2,1-3H3,(H,35,37)(H,43,44)/t26-,27-,28+,29-,31+,34?/m1/s1. The lowest BCUT2D eigenvalue weighted by Gasteiger charge is -2.38. The number of nitrogens with one attached hydrogen (secondary N) is 1. The van der Waals surface area contributed by atoms with Crippen LogP contribution in [0.2, 0.25) is 0 Å². The molecule has 5 N–H and O–H groups in total. The van der Waals surface area contributed by atoms with Crippen LogP contribution in [0, 0.1) is 10.8 Å². The van der Waals surface area contributed by atoms with Crippen molar-refractivity contribution in [2.75, 3.05) is 19.7 Å². The van der Waals surface area contributed by atoms with E-state index in [2.05, 4.69) is 5.32 Å². The van der Waals surface area contributed by atoms with Crippen molar-refractivity contribution in [3.8, 4) is 5.75 Å². The Balaban J connectivity index is 1.26. The summed E-state index contributed by atoms with van der Waals surface area (Å²) >= 11 is 0. The minimum absolute atomic E-state index is 0.0443. The number of aliphatic hydroxyl groups is 3. The number of carbonyl (C=O) groups is 5. The molecule has 264 valence electrons. The number of nitrogens with zero attached hydrogens (tertiary/aromatic N) is 1. The van der Waals surface area contributed by atoms with Gasteiger partial charge >= 0.3 is 5.97 Å². The number of ether oxygens (including phenoxy) is 3. The number of aryl methyl sites for hydroxylation is 1. The summed E-state index contributed by atoms with van der Waals surface area (Å²) in [6.07, 6.45) is -1.99. The minimum atomic E-state index is -1.86. The predicted octanol–water partition coefficient (Wildman–Crippen LogP) is 1.01. The highest BCUT2D eigenvalue weighted by atomic mass is 16.7. The summed E-state index contributed by atoms with van der Waals surface area (Å²) in [5.41, 5.74) is 0.278. The van der Waals surface area contributed by atoms with Gasteiger partial charge in [0, 0.05) is 42.6 Å². The topological polar surface area (TPSA) is 209 Å². The number of aliphatic carboxylic acids is 1. The average molecular weight is 675 g/mol. The first-order valence-corrected chi connectivity index (χ1v) is 16.3. The Morgan fingerprint density at radius 2 is 1.62 bits per heavy atom. The first kappa shape index (κ1) is 37.1. The molecule has 0 radical (unpaired) electrons. The van der Waals surface area contributed by atoms with E-state index in [0.29, 0.717) is 63.6 Å². The van der Waals surface area contributed by atoms with E-state index in [9.17, 15) is 44.4 Å². The van der Waals surface area contributed by atoms with Crippen molar-refractivity contribution in [2.24, 2.45) is 10.8 Å². The second-order valence-electron chi connectivity index (χ2n) is 13.4. The van der Waals surface area contributed by atoms with Crippen molar-refractivity contribution in [3.05, 3.63) is 41.5 Å². The molecule has 1 aliphatic carbocycles. The number of amides is 3. The van der Waals surface area contributed by atoms with E-state index in [-0.39, 0.29) is 42.5 Å². The molecule has 4 rings (SSSR count). The highest BCUT2D eigenvalue weighted by molar-refractivity contribution is 6.12. The summed E-state index contributed by atoms with van der Waals surface area (Å²) in [7, 11) is 0. The first-order chi connectivity index (χ1) is 22.7. The van der Waals surface area contributed by atoms with Crippen LogP contribution in [0.5, 0.6) is 5.75 Å². The molecule has 1 aromatic carbocycles. The van der Waals surface area contributed by atoms with Crippen molar-refractivity contribution in [2.45, 2.75) is 103 Å². The van der Waals surface area contributed by atoms with Crippen LogP contribution in [0.15, 0.2) is 30.4 Å². The number of carboxylic acids is 1. The summed E-state index contributed by atoms with van der Waals surface area (Å²) in [4.78, 5) is 60.4. The van der Waals surface area contributed by atoms with E-state index < -0.39 is 47.5 Å². The zero-order valence-electron chi connectivity index (χ0n) is 27.6. The Morgan fingerprint density at radius 1 is 0.938 bits per heavy atom. The van der Waals surface area contributed by atoms with E-state index in [1.807, 2.05) is 26.8 Å². The SMILES string of the molecule is CC1(C)C(=O)C1(C)COCc1ccc(CCCCNC(=O)CCCCCN2C(=O)C=CC2=O)cc1O[C@H]1O[C@@H](C(=O)O)[C@H](O)[C@@H](O)[C@@H]1O. The third-order valence-electron chi connectivity index (χ3n) is 9.62. The molecule has 2 fully saturated rings. The number of aliphatic hydroxyl groups excluding tert-OH is 3. The molecule has 1 saturated carbocycles. The fourth-order valence-electron chi connectivity index (χ4n) is 5.90. The molecule has 6 atom stereocenters.